The summed E-state index contributed by atoms with van der Waals surface area (Å²) in [5.41, 5.74) is -0.998. The van der Waals surface area contributed by atoms with E-state index in [0.717, 1.165) is 31.5 Å². The normalized spacial score (nSPS) is 18.3. The number of carbonyl (C=O) groups excluding carboxylic acids is 1. The Labute approximate surface area is 132 Å². The Morgan fingerprint density at radius 2 is 2.26 bits per heavy atom. The van der Waals surface area contributed by atoms with E-state index in [0.29, 0.717) is 6.54 Å². The molecule has 0 saturated carbocycles. The summed E-state index contributed by atoms with van der Waals surface area (Å²) in [6, 6.07) is 2.79. The number of nitrogens with one attached hydrogen (secondary N) is 2. The molecule has 2 rings (SSSR count). The molecule has 1 amide bonds. The molecule has 1 aromatic rings. The first kappa shape index (κ1) is 17.3. The van der Waals surface area contributed by atoms with Crippen LogP contribution in [-0.2, 0) is 6.18 Å². The van der Waals surface area contributed by atoms with Crippen LogP contribution in [-0.4, -0.2) is 31.6 Å². The number of piperidine rings is 1. The molecule has 0 bridgehead atoms. The van der Waals surface area contributed by atoms with E-state index in [1.807, 2.05) is 0 Å². The van der Waals surface area contributed by atoms with Crippen molar-refractivity contribution >= 4 is 5.91 Å². The molecule has 1 heterocycles. The molecule has 0 aromatic heterocycles. The Hall–Kier alpha value is -2.02. The summed E-state index contributed by atoms with van der Waals surface area (Å²) in [6.45, 7) is 5.08. The lowest BCUT2D eigenvalue weighted by atomic mass is 10.1. The largest absolute Gasteiger partial charge is 0.489 e. The maximum Gasteiger partial charge on any atom is 0.416 e. The van der Waals surface area contributed by atoms with Gasteiger partial charge in [0.1, 0.15) is 12.4 Å². The molecule has 1 aliphatic rings. The summed E-state index contributed by atoms with van der Waals surface area (Å²) >= 11 is 0. The lowest BCUT2D eigenvalue weighted by Gasteiger charge is -2.24. The number of alkyl halides is 3. The third-order valence-electron chi connectivity index (χ3n) is 3.54. The number of ether oxygens (including phenoxy) is 1. The third-order valence-corrected chi connectivity index (χ3v) is 3.54. The molecule has 126 valence electrons. The number of hydrogen-bond donors (Lipinski definition) is 2. The minimum absolute atomic E-state index is 0.0990. The Bertz CT molecular complexity index is 567. The van der Waals surface area contributed by atoms with Gasteiger partial charge >= 0.3 is 6.18 Å². The van der Waals surface area contributed by atoms with Gasteiger partial charge in [0.05, 0.1) is 11.1 Å². The molecule has 1 saturated heterocycles. The molecule has 4 nitrogen and oxygen atoms in total. The van der Waals surface area contributed by atoms with Crippen molar-refractivity contribution in [2.45, 2.75) is 25.1 Å². The van der Waals surface area contributed by atoms with Gasteiger partial charge in [0.25, 0.3) is 5.91 Å². The van der Waals surface area contributed by atoms with E-state index in [9.17, 15) is 18.0 Å². The number of rotatable bonds is 5. The van der Waals surface area contributed by atoms with Crippen molar-refractivity contribution in [3.05, 3.63) is 42.0 Å². The molecule has 1 atom stereocenters. The topological polar surface area (TPSA) is 50.4 Å². The van der Waals surface area contributed by atoms with Crippen LogP contribution in [0.4, 0.5) is 13.2 Å². The SMILES string of the molecule is C=CCOc1ccc(C(F)(F)F)cc1C(=O)NC1CCCNC1. The molecule has 1 fully saturated rings. The second-order valence-electron chi connectivity index (χ2n) is 5.33. The summed E-state index contributed by atoms with van der Waals surface area (Å²) in [7, 11) is 0. The molecule has 1 unspecified atom stereocenters. The average Bonchev–Trinajstić information content (AvgIpc) is 2.52. The van der Waals surface area contributed by atoms with Gasteiger partial charge in [-0.05, 0) is 37.6 Å². The van der Waals surface area contributed by atoms with Gasteiger partial charge in [-0.2, -0.15) is 13.2 Å². The fraction of sp³-hybridized carbons (Fsp3) is 0.438. The van der Waals surface area contributed by atoms with Crippen molar-refractivity contribution in [2.24, 2.45) is 0 Å². The van der Waals surface area contributed by atoms with E-state index in [1.165, 1.54) is 12.1 Å². The van der Waals surface area contributed by atoms with Crippen LogP contribution < -0.4 is 15.4 Å². The van der Waals surface area contributed by atoms with Crippen LogP contribution in [0.25, 0.3) is 0 Å². The fourth-order valence-corrected chi connectivity index (χ4v) is 2.40. The van der Waals surface area contributed by atoms with Crippen LogP contribution in [0.1, 0.15) is 28.8 Å². The molecule has 1 aliphatic heterocycles. The van der Waals surface area contributed by atoms with Gasteiger partial charge in [0, 0.05) is 12.6 Å². The predicted octanol–water partition coefficient (Wildman–Crippen LogP) is 2.75. The number of benzene rings is 1. The predicted molar refractivity (Wildman–Crippen MR) is 80.5 cm³/mol. The lowest BCUT2D eigenvalue weighted by Crippen LogP contribution is -2.45. The zero-order chi connectivity index (χ0) is 16.9. The van der Waals surface area contributed by atoms with E-state index >= 15 is 0 Å². The molecular formula is C16H19F3N2O2. The quantitative estimate of drug-likeness (QED) is 0.817. The van der Waals surface area contributed by atoms with Crippen molar-refractivity contribution in [2.75, 3.05) is 19.7 Å². The average molecular weight is 328 g/mol. The standard InChI is InChI=1S/C16H19F3N2O2/c1-2-8-23-14-6-5-11(16(17,18)19)9-13(14)15(22)21-12-4-3-7-20-10-12/h2,5-6,9,12,20H,1,3-4,7-8,10H2,(H,21,22). The Morgan fingerprint density at radius 3 is 2.87 bits per heavy atom. The zero-order valence-electron chi connectivity index (χ0n) is 12.6. The Morgan fingerprint density at radius 1 is 1.48 bits per heavy atom. The van der Waals surface area contributed by atoms with Crippen LogP contribution in [0.3, 0.4) is 0 Å². The molecule has 23 heavy (non-hydrogen) atoms. The minimum Gasteiger partial charge on any atom is -0.489 e. The summed E-state index contributed by atoms with van der Waals surface area (Å²) in [5, 5.41) is 5.89. The van der Waals surface area contributed by atoms with Crippen LogP contribution >= 0.6 is 0 Å². The second kappa shape index (κ2) is 7.50. The highest BCUT2D eigenvalue weighted by molar-refractivity contribution is 5.97. The smallest absolute Gasteiger partial charge is 0.416 e. The number of amides is 1. The van der Waals surface area contributed by atoms with Gasteiger partial charge < -0.3 is 15.4 Å². The summed E-state index contributed by atoms with van der Waals surface area (Å²) in [5.74, 6) is -0.456. The first-order chi connectivity index (χ1) is 10.9. The van der Waals surface area contributed by atoms with Crippen molar-refractivity contribution in [3.8, 4) is 5.75 Å². The van der Waals surface area contributed by atoms with E-state index in [-0.39, 0.29) is 24.0 Å². The van der Waals surface area contributed by atoms with Crippen LogP contribution in [0, 0.1) is 0 Å². The fourth-order valence-electron chi connectivity index (χ4n) is 2.40. The van der Waals surface area contributed by atoms with Gasteiger partial charge in [-0.3, -0.25) is 4.79 Å². The molecule has 2 N–H and O–H groups in total. The second-order valence-corrected chi connectivity index (χ2v) is 5.33. The molecular weight excluding hydrogens is 309 g/mol. The van der Waals surface area contributed by atoms with Gasteiger partial charge in [-0.1, -0.05) is 12.7 Å². The maximum absolute atomic E-state index is 12.9. The lowest BCUT2D eigenvalue weighted by molar-refractivity contribution is -0.137. The molecule has 0 aliphatic carbocycles. The Balaban J connectivity index is 2.23. The Kier molecular flexibility index (Phi) is 5.65. The first-order valence-electron chi connectivity index (χ1n) is 7.38. The van der Waals surface area contributed by atoms with E-state index < -0.39 is 17.6 Å². The molecule has 0 radical (unpaired) electrons. The monoisotopic (exact) mass is 328 g/mol. The van der Waals surface area contributed by atoms with Crippen molar-refractivity contribution in [1.29, 1.82) is 0 Å². The molecule has 7 heteroatoms. The van der Waals surface area contributed by atoms with Crippen LogP contribution in [0.15, 0.2) is 30.9 Å². The maximum atomic E-state index is 12.9. The van der Waals surface area contributed by atoms with Crippen LogP contribution in [0.5, 0.6) is 5.75 Å². The van der Waals surface area contributed by atoms with Crippen molar-refractivity contribution in [3.63, 3.8) is 0 Å². The zero-order valence-corrected chi connectivity index (χ0v) is 12.6. The van der Waals surface area contributed by atoms with Gasteiger partial charge in [0.15, 0.2) is 0 Å². The van der Waals surface area contributed by atoms with Gasteiger partial charge in [0.2, 0.25) is 0 Å². The van der Waals surface area contributed by atoms with Crippen molar-refractivity contribution < 1.29 is 22.7 Å². The van der Waals surface area contributed by atoms with E-state index in [4.69, 9.17) is 4.74 Å². The van der Waals surface area contributed by atoms with Crippen LogP contribution in [0.2, 0.25) is 0 Å². The highest BCUT2D eigenvalue weighted by Crippen LogP contribution is 2.32. The highest BCUT2D eigenvalue weighted by atomic mass is 19.4. The van der Waals surface area contributed by atoms with Gasteiger partial charge in [-0.25, -0.2) is 0 Å². The van der Waals surface area contributed by atoms with E-state index in [1.54, 1.807) is 0 Å². The summed E-state index contributed by atoms with van der Waals surface area (Å²) in [4.78, 5) is 12.4. The summed E-state index contributed by atoms with van der Waals surface area (Å²) < 4.78 is 43.9. The van der Waals surface area contributed by atoms with Gasteiger partial charge in [-0.15, -0.1) is 0 Å². The van der Waals surface area contributed by atoms with E-state index in [2.05, 4.69) is 17.2 Å². The summed E-state index contributed by atoms with van der Waals surface area (Å²) in [6.07, 6.45) is -1.35. The molecule has 1 aromatic carbocycles. The third kappa shape index (κ3) is 4.72. The minimum atomic E-state index is -4.52. The molecule has 0 spiro atoms. The van der Waals surface area contributed by atoms with Crippen molar-refractivity contribution in [1.82, 2.24) is 10.6 Å². The number of carbonyl (C=O) groups is 1. The number of hydrogen-bond acceptors (Lipinski definition) is 3. The first-order valence-corrected chi connectivity index (χ1v) is 7.38. The number of halogens is 3. The highest BCUT2D eigenvalue weighted by Gasteiger charge is 2.32.